The molecule has 21 heavy (non-hydrogen) atoms. The highest BCUT2D eigenvalue weighted by Crippen LogP contribution is 2.29. The van der Waals surface area contributed by atoms with Gasteiger partial charge in [0, 0.05) is 17.3 Å². The highest BCUT2D eigenvalue weighted by atomic mass is 16.4. The molecule has 108 valence electrons. The number of pyridine rings is 1. The molecular formula is C15H13NO5. The topological polar surface area (TPSA) is 108 Å². The molecule has 0 unspecified atom stereocenters. The Morgan fingerprint density at radius 1 is 1.14 bits per heavy atom. The minimum absolute atomic E-state index is 0.0306. The van der Waals surface area contributed by atoms with Crippen LogP contribution in [0.25, 0.3) is 11.3 Å². The van der Waals surface area contributed by atoms with Crippen LogP contribution in [0.5, 0.6) is 0 Å². The zero-order chi connectivity index (χ0) is 15.6. The summed E-state index contributed by atoms with van der Waals surface area (Å²) in [5, 5.41) is 28.0. The van der Waals surface area contributed by atoms with Crippen LogP contribution >= 0.6 is 0 Å². The lowest BCUT2D eigenvalue weighted by Gasteiger charge is -2.14. The maximum absolute atomic E-state index is 11.4. The summed E-state index contributed by atoms with van der Waals surface area (Å²) in [6, 6.07) is 6.00. The first-order valence-corrected chi connectivity index (χ1v) is 6.12. The number of carboxylic acid groups (broad SMARTS) is 2. The van der Waals surface area contributed by atoms with Gasteiger partial charge in [-0.05, 0) is 24.6 Å². The molecular weight excluding hydrogens is 274 g/mol. The van der Waals surface area contributed by atoms with E-state index in [2.05, 4.69) is 4.98 Å². The van der Waals surface area contributed by atoms with Gasteiger partial charge in [0.25, 0.3) is 0 Å². The molecule has 1 aromatic carbocycles. The summed E-state index contributed by atoms with van der Waals surface area (Å²) >= 11 is 0. The SMILES string of the molecule is Cc1ccc(-c2ncccc2C(=O)O)c(CO)c1C(=O)O. The molecule has 0 saturated heterocycles. The summed E-state index contributed by atoms with van der Waals surface area (Å²) in [4.78, 5) is 26.6. The first-order chi connectivity index (χ1) is 9.97. The molecule has 6 heteroatoms. The van der Waals surface area contributed by atoms with Crippen molar-refractivity contribution in [2.75, 3.05) is 0 Å². The number of carbonyl (C=O) groups is 2. The van der Waals surface area contributed by atoms with Crippen molar-refractivity contribution in [3.05, 3.63) is 52.7 Å². The lowest BCUT2D eigenvalue weighted by Crippen LogP contribution is -2.09. The number of aromatic carboxylic acids is 2. The van der Waals surface area contributed by atoms with Gasteiger partial charge in [0.2, 0.25) is 0 Å². The second kappa shape index (κ2) is 5.72. The van der Waals surface area contributed by atoms with Crippen molar-refractivity contribution in [2.45, 2.75) is 13.5 Å². The second-order valence-electron chi connectivity index (χ2n) is 4.45. The Balaban J connectivity index is 2.80. The van der Waals surface area contributed by atoms with Gasteiger partial charge < -0.3 is 15.3 Å². The normalized spacial score (nSPS) is 10.4. The van der Waals surface area contributed by atoms with Gasteiger partial charge >= 0.3 is 11.9 Å². The first-order valence-electron chi connectivity index (χ1n) is 6.12. The minimum Gasteiger partial charge on any atom is -0.478 e. The molecule has 2 aromatic rings. The Labute approximate surface area is 120 Å². The number of nitrogens with zero attached hydrogens (tertiary/aromatic N) is 1. The van der Waals surface area contributed by atoms with Gasteiger partial charge in [-0.25, -0.2) is 9.59 Å². The summed E-state index contributed by atoms with van der Waals surface area (Å²) in [7, 11) is 0. The second-order valence-corrected chi connectivity index (χ2v) is 4.45. The number of aromatic nitrogens is 1. The van der Waals surface area contributed by atoms with Crippen LogP contribution in [0, 0.1) is 6.92 Å². The highest BCUT2D eigenvalue weighted by molar-refractivity contribution is 5.98. The van der Waals surface area contributed by atoms with E-state index in [1.807, 2.05) is 0 Å². The third-order valence-electron chi connectivity index (χ3n) is 3.19. The molecule has 0 aliphatic rings. The number of rotatable bonds is 4. The summed E-state index contributed by atoms with van der Waals surface area (Å²) in [5.41, 5.74) is 1.01. The van der Waals surface area contributed by atoms with Crippen molar-refractivity contribution >= 4 is 11.9 Å². The van der Waals surface area contributed by atoms with Gasteiger partial charge in [-0.3, -0.25) is 4.98 Å². The van der Waals surface area contributed by atoms with Crippen molar-refractivity contribution in [2.24, 2.45) is 0 Å². The fourth-order valence-electron chi connectivity index (χ4n) is 2.24. The van der Waals surface area contributed by atoms with E-state index in [0.717, 1.165) is 0 Å². The van der Waals surface area contributed by atoms with Gasteiger partial charge in [0.05, 0.1) is 23.4 Å². The predicted octanol–water partition coefficient (Wildman–Crippen LogP) is 1.95. The summed E-state index contributed by atoms with van der Waals surface area (Å²) in [6.45, 7) is 1.09. The molecule has 1 aromatic heterocycles. The van der Waals surface area contributed by atoms with Crippen LogP contribution in [0.2, 0.25) is 0 Å². The maximum atomic E-state index is 11.4. The molecule has 0 spiro atoms. The molecule has 0 fully saturated rings. The molecule has 0 amide bonds. The summed E-state index contributed by atoms with van der Waals surface area (Å²) in [6.07, 6.45) is 1.42. The summed E-state index contributed by atoms with van der Waals surface area (Å²) < 4.78 is 0. The standard InChI is InChI=1S/C15H13NO5/c1-8-4-5-9(11(7-17)12(8)15(20)21)13-10(14(18)19)3-2-6-16-13/h2-6,17H,7H2,1H3,(H,18,19)(H,20,21). The van der Waals surface area contributed by atoms with Gasteiger partial charge in [-0.2, -0.15) is 0 Å². The lowest BCUT2D eigenvalue weighted by atomic mass is 9.93. The van der Waals surface area contributed by atoms with Gasteiger partial charge in [-0.15, -0.1) is 0 Å². The Bertz CT molecular complexity index is 724. The average molecular weight is 287 g/mol. The van der Waals surface area contributed by atoms with E-state index in [1.165, 1.54) is 18.3 Å². The number of aliphatic hydroxyl groups excluding tert-OH is 1. The summed E-state index contributed by atoms with van der Waals surface area (Å²) in [5.74, 6) is -2.34. The van der Waals surface area contributed by atoms with Crippen molar-refractivity contribution in [3.8, 4) is 11.3 Å². The van der Waals surface area contributed by atoms with Crippen LogP contribution < -0.4 is 0 Å². The third kappa shape index (κ3) is 2.61. The average Bonchev–Trinajstić information content (AvgIpc) is 2.46. The molecule has 0 radical (unpaired) electrons. The zero-order valence-electron chi connectivity index (χ0n) is 11.2. The third-order valence-corrected chi connectivity index (χ3v) is 3.19. The quantitative estimate of drug-likeness (QED) is 0.793. The van der Waals surface area contributed by atoms with E-state index < -0.39 is 18.5 Å². The zero-order valence-corrected chi connectivity index (χ0v) is 11.2. The van der Waals surface area contributed by atoms with E-state index in [0.29, 0.717) is 11.1 Å². The Hall–Kier alpha value is -2.73. The Morgan fingerprint density at radius 3 is 2.43 bits per heavy atom. The molecule has 1 heterocycles. The highest BCUT2D eigenvalue weighted by Gasteiger charge is 2.21. The van der Waals surface area contributed by atoms with Gasteiger partial charge in [0.15, 0.2) is 0 Å². The van der Waals surface area contributed by atoms with Crippen LogP contribution in [0.4, 0.5) is 0 Å². The predicted molar refractivity (Wildman–Crippen MR) is 74.3 cm³/mol. The molecule has 3 N–H and O–H groups in total. The Kier molecular flexibility index (Phi) is 4.00. The van der Waals surface area contributed by atoms with E-state index >= 15 is 0 Å². The number of aryl methyl sites for hydroxylation is 1. The largest absolute Gasteiger partial charge is 0.478 e. The van der Waals surface area contributed by atoms with Crippen molar-refractivity contribution in [3.63, 3.8) is 0 Å². The number of hydrogen-bond acceptors (Lipinski definition) is 4. The fraction of sp³-hybridized carbons (Fsp3) is 0.133. The molecule has 0 saturated carbocycles. The van der Waals surface area contributed by atoms with Crippen LogP contribution in [-0.2, 0) is 6.61 Å². The molecule has 6 nitrogen and oxygen atoms in total. The van der Waals surface area contributed by atoms with E-state index in [1.54, 1.807) is 19.1 Å². The first kappa shape index (κ1) is 14.7. The van der Waals surface area contributed by atoms with Gasteiger partial charge in [0.1, 0.15) is 0 Å². The van der Waals surface area contributed by atoms with E-state index in [4.69, 9.17) is 0 Å². The molecule has 0 bridgehead atoms. The van der Waals surface area contributed by atoms with Crippen molar-refractivity contribution in [1.29, 1.82) is 0 Å². The van der Waals surface area contributed by atoms with Crippen molar-refractivity contribution < 1.29 is 24.9 Å². The molecule has 0 atom stereocenters. The van der Waals surface area contributed by atoms with Crippen molar-refractivity contribution in [1.82, 2.24) is 4.98 Å². The monoisotopic (exact) mass is 287 g/mol. The van der Waals surface area contributed by atoms with Crippen LogP contribution in [0.3, 0.4) is 0 Å². The van der Waals surface area contributed by atoms with E-state index in [9.17, 15) is 24.9 Å². The smallest absolute Gasteiger partial charge is 0.337 e. The van der Waals surface area contributed by atoms with Crippen LogP contribution in [-0.4, -0.2) is 32.2 Å². The van der Waals surface area contributed by atoms with Gasteiger partial charge in [-0.1, -0.05) is 12.1 Å². The Morgan fingerprint density at radius 2 is 1.86 bits per heavy atom. The number of carboxylic acids is 2. The van der Waals surface area contributed by atoms with Crippen LogP contribution in [0.15, 0.2) is 30.5 Å². The maximum Gasteiger partial charge on any atom is 0.337 e. The molecule has 0 aliphatic heterocycles. The van der Waals surface area contributed by atoms with Crippen LogP contribution in [0.1, 0.15) is 31.8 Å². The number of benzene rings is 1. The number of hydrogen-bond donors (Lipinski definition) is 3. The molecule has 0 aliphatic carbocycles. The lowest BCUT2D eigenvalue weighted by molar-refractivity contribution is 0.0685. The minimum atomic E-state index is -1.17. The number of aliphatic hydroxyl groups is 1. The van der Waals surface area contributed by atoms with E-state index in [-0.39, 0.29) is 22.4 Å². The fourth-order valence-corrected chi connectivity index (χ4v) is 2.24. The molecule has 2 rings (SSSR count).